The average Bonchev–Trinajstić information content (AvgIpc) is 3.12. The van der Waals surface area contributed by atoms with Crippen molar-refractivity contribution in [1.82, 2.24) is 15.5 Å². The smallest absolute Gasteiger partial charge is 0.191 e. The molecule has 2 rings (SSSR count). The molecule has 144 valence electrons. The number of benzene rings is 1. The highest BCUT2D eigenvalue weighted by atomic mass is 127. The van der Waals surface area contributed by atoms with Crippen LogP contribution in [-0.4, -0.2) is 43.5 Å². The number of aliphatic imine (C=N–C) groups is 1. The number of nitrogens with one attached hydrogen (secondary N) is 2. The van der Waals surface area contributed by atoms with Crippen LogP contribution in [0.4, 0.5) is 0 Å². The molecule has 0 fully saturated rings. The third-order valence-electron chi connectivity index (χ3n) is 3.83. The van der Waals surface area contributed by atoms with E-state index in [0.29, 0.717) is 0 Å². The first-order valence-corrected chi connectivity index (χ1v) is 9.83. The van der Waals surface area contributed by atoms with Crippen molar-refractivity contribution in [3.8, 4) is 0 Å². The number of hydrogen-bond donors (Lipinski definition) is 2. The highest BCUT2D eigenvalue weighted by molar-refractivity contribution is 14.0. The summed E-state index contributed by atoms with van der Waals surface area (Å²) in [6, 6.07) is 12.4. The molecule has 0 aliphatic rings. The lowest BCUT2D eigenvalue weighted by atomic mass is 10.1. The average molecular weight is 488 g/mol. The molecule has 0 spiro atoms. The third kappa shape index (κ3) is 8.01. The molecule has 0 aliphatic heterocycles. The number of thioether (sulfide) groups is 1. The number of guanidine groups is 1. The minimum Gasteiger partial charge on any atom is -0.468 e. The first-order valence-electron chi connectivity index (χ1n) is 8.44. The molecule has 0 aliphatic carbocycles. The Kier molecular flexibility index (Phi) is 11.5. The summed E-state index contributed by atoms with van der Waals surface area (Å²) in [5, 5.41) is 6.72. The summed E-state index contributed by atoms with van der Waals surface area (Å²) in [5.41, 5.74) is 2.59. The first kappa shape index (κ1) is 22.9. The molecule has 1 aromatic carbocycles. The molecule has 0 saturated heterocycles. The van der Waals surface area contributed by atoms with Gasteiger partial charge in [-0.15, -0.1) is 24.0 Å². The van der Waals surface area contributed by atoms with Crippen molar-refractivity contribution < 1.29 is 4.42 Å². The Morgan fingerprint density at radius 1 is 1.12 bits per heavy atom. The van der Waals surface area contributed by atoms with E-state index in [1.165, 1.54) is 11.1 Å². The molecular weight excluding hydrogens is 459 g/mol. The van der Waals surface area contributed by atoms with Gasteiger partial charge in [-0.25, -0.2) is 0 Å². The zero-order chi connectivity index (χ0) is 17.9. The Morgan fingerprint density at radius 3 is 2.54 bits per heavy atom. The van der Waals surface area contributed by atoms with Gasteiger partial charge in [0.2, 0.25) is 0 Å². The summed E-state index contributed by atoms with van der Waals surface area (Å²) >= 11 is 1.82. The van der Waals surface area contributed by atoms with Crippen LogP contribution in [-0.2, 0) is 19.6 Å². The van der Waals surface area contributed by atoms with Crippen LogP contribution in [0.1, 0.15) is 16.9 Å². The van der Waals surface area contributed by atoms with Gasteiger partial charge >= 0.3 is 0 Å². The van der Waals surface area contributed by atoms with Crippen molar-refractivity contribution in [2.24, 2.45) is 4.99 Å². The van der Waals surface area contributed by atoms with E-state index < -0.39 is 0 Å². The van der Waals surface area contributed by atoms with Gasteiger partial charge in [-0.05, 0) is 36.6 Å². The van der Waals surface area contributed by atoms with Gasteiger partial charge in [0.1, 0.15) is 5.76 Å². The Morgan fingerprint density at radius 2 is 1.88 bits per heavy atom. The molecule has 0 amide bonds. The minimum absolute atomic E-state index is 0. The topological polar surface area (TPSA) is 52.8 Å². The van der Waals surface area contributed by atoms with Crippen molar-refractivity contribution in [1.29, 1.82) is 0 Å². The quantitative estimate of drug-likeness (QED) is 0.245. The van der Waals surface area contributed by atoms with Crippen LogP contribution >= 0.6 is 35.7 Å². The van der Waals surface area contributed by atoms with Gasteiger partial charge in [0.15, 0.2) is 5.96 Å². The van der Waals surface area contributed by atoms with Crippen LogP contribution in [0.3, 0.4) is 0 Å². The molecule has 0 radical (unpaired) electrons. The second-order valence-corrected chi connectivity index (χ2v) is 6.85. The highest BCUT2D eigenvalue weighted by Crippen LogP contribution is 2.13. The van der Waals surface area contributed by atoms with Gasteiger partial charge in [-0.1, -0.05) is 24.3 Å². The second-order valence-electron chi connectivity index (χ2n) is 5.87. The van der Waals surface area contributed by atoms with Crippen molar-refractivity contribution >= 4 is 41.7 Å². The molecule has 1 aromatic heterocycles. The van der Waals surface area contributed by atoms with E-state index in [-0.39, 0.29) is 24.0 Å². The van der Waals surface area contributed by atoms with Crippen LogP contribution in [0.5, 0.6) is 0 Å². The minimum atomic E-state index is 0. The number of furan rings is 1. The van der Waals surface area contributed by atoms with Gasteiger partial charge < -0.3 is 15.1 Å². The normalized spacial score (nSPS) is 11.3. The maximum absolute atomic E-state index is 5.43. The molecule has 1 heterocycles. The maximum atomic E-state index is 5.43. The number of nitrogens with zero attached hydrogens (tertiary/aromatic N) is 2. The van der Waals surface area contributed by atoms with Gasteiger partial charge in [-0.3, -0.25) is 9.89 Å². The fourth-order valence-corrected chi connectivity index (χ4v) is 2.88. The van der Waals surface area contributed by atoms with E-state index in [0.717, 1.165) is 43.7 Å². The second kappa shape index (κ2) is 13.1. The van der Waals surface area contributed by atoms with Crippen molar-refractivity contribution in [3.63, 3.8) is 0 Å². The van der Waals surface area contributed by atoms with Crippen LogP contribution in [0.15, 0.2) is 52.1 Å². The molecule has 0 saturated carbocycles. The summed E-state index contributed by atoms with van der Waals surface area (Å²) in [5.74, 6) is 2.89. The number of rotatable bonds is 9. The molecule has 26 heavy (non-hydrogen) atoms. The summed E-state index contributed by atoms with van der Waals surface area (Å²) in [4.78, 5) is 6.53. The summed E-state index contributed by atoms with van der Waals surface area (Å²) < 4.78 is 5.43. The standard InChI is InChI=1S/C19H28N4OS.HI/c1-20-19(21-10-12-25-3)22-13-16-7-4-5-8-17(16)14-23(2)15-18-9-6-11-24-18;/h4-9,11H,10,12-15H2,1-3H3,(H2,20,21,22);1H. The van der Waals surface area contributed by atoms with E-state index in [1.807, 2.05) is 23.9 Å². The third-order valence-corrected chi connectivity index (χ3v) is 4.45. The Balaban J connectivity index is 0.00000338. The van der Waals surface area contributed by atoms with E-state index in [9.17, 15) is 0 Å². The van der Waals surface area contributed by atoms with E-state index in [1.54, 1.807) is 13.3 Å². The van der Waals surface area contributed by atoms with Crippen molar-refractivity contribution in [2.75, 3.05) is 32.6 Å². The predicted molar refractivity (Wildman–Crippen MR) is 122 cm³/mol. The zero-order valence-electron chi connectivity index (χ0n) is 15.7. The van der Waals surface area contributed by atoms with Crippen LogP contribution in [0, 0.1) is 0 Å². The first-order chi connectivity index (χ1) is 12.2. The monoisotopic (exact) mass is 488 g/mol. The van der Waals surface area contributed by atoms with Gasteiger partial charge in [0, 0.05) is 32.4 Å². The van der Waals surface area contributed by atoms with Gasteiger partial charge in [-0.2, -0.15) is 11.8 Å². The summed E-state index contributed by atoms with van der Waals surface area (Å²) in [6.45, 7) is 3.34. The zero-order valence-corrected chi connectivity index (χ0v) is 18.8. The number of halogens is 1. The lowest BCUT2D eigenvalue weighted by Gasteiger charge is -2.19. The fraction of sp³-hybridized carbons (Fsp3) is 0.421. The van der Waals surface area contributed by atoms with Crippen molar-refractivity contribution in [3.05, 3.63) is 59.5 Å². The molecular formula is C19H29IN4OS. The molecule has 5 nitrogen and oxygen atoms in total. The molecule has 0 unspecified atom stereocenters. The molecule has 2 N–H and O–H groups in total. The maximum Gasteiger partial charge on any atom is 0.191 e. The highest BCUT2D eigenvalue weighted by Gasteiger charge is 2.08. The molecule has 0 atom stereocenters. The molecule has 2 aromatic rings. The Hall–Kier alpha value is -1.19. The van der Waals surface area contributed by atoms with Gasteiger partial charge in [0.25, 0.3) is 0 Å². The van der Waals surface area contributed by atoms with Crippen LogP contribution in [0.2, 0.25) is 0 Å². The van der Waals surface area contributed by atoms with E-state index >= 15 is 0 Å². The number of hydrogen-bond acceptors (Lipinski definition) is 4. The lowest BCUT2D eigenvalue weighted by molar-refractivity contribution is 0.287. The Labute approximate surface area is 178 Å². The summed E-state index contributed by atoms with van der Waals surface area (Å²) in [7, 11) is 3.91. The van der Waals surface area contributed by atoms with E-state index in [2.05, 4.69) is 58.1 Å². The lowest BCUT2D eigenvalue weighted by Crippen LogP contribution is -2.38. The summed E-state index contributed by atoms with van der Waals surface area (Å²) in [6.07, 6.45) is 3.82. The van der Waals surface area contributed by atoms with Gasteiger partial charge in [0.05, 0.1) is 12.8 Å². The molecule has 7 heteroatoms. The van der Waals surface area contributed by atoms with Crippen LogP contribution in [0.25, 0.3) is 0 Å². The molecule has 0 bridgehead atoms. The van der Waals surface area contributed by atoms with E-state index in [4.69, 9.17) is 4.42 Å². The predicted octanol–water partition coefficient (Wildman–Crippen LogP) is 3.56. The SMILES string of the molecule is CN=C(NCCSC)NCc1ccccc1CN(C)Cc1ccco1.I. The van der Waals surface area contributed by atoms with Crippen molar-refractivity contribution in [2.45, 2.75) is 19.6 Å². The fourth-order valence-electron chi connectivity index (χ4n) is 2.57. The largest absolute Gasteiger partial charge is 0.468 e. The van der Waals surface area contributed by atoms with Crippen LogP contribution < -0.4 is 10.6 Å². The Bertz CT molecular complexity index is 649.